The number of rotatable bonds is 0. The van der Waals surface area contributed by atoms with Crippen molar-refractivity contribution in [3.8, 4) is 0 Å². The molecule has 0 amide bonds. The van der Waals surface area contributed by atoms with Gasteiger partial charge in [-0.1, -0.05) is 33.8 Å². The summed E-state index contributed by atoms with van der Waals surface area (Å²) in [6, 6.07) is 3.63. The van der Waals surface area contributed by atoms with Crippen LogP contribution in [0.15, 0.2) is 12.1 Å². The molecular weight excluding hydrogens is 189 g/mol. The van der Waals surface area contributed by atoms with E-state index < -0.39 is 0 Å². The Hall–Kier alpha value is -0.890. The molecule has 2 rings (SSSR count). The lowest BCUT2D eigenvalue weighted by molar-refractivity contribution is 0.607. The highest BCUT2D eigenvalue weighted by atomic mass is 19.1. The van der Waals surface area contributed by atoms with Crippen molar-refractivity contribution >= 4 is 0 Å². The summed E-state index contributed by atoms with van der Waals surface area (Å²) in [6.45, 7) is 11.4. The Bertz CT molecular complexity index is 295. The van der Waals surface area contributed by atoms with Crippen LogP contribution in [0.3, 0.4) is 0 Å². The third kappa shape index (κ3) is 3.63. The topological polar surface area (TPSA) is 12.0 Å². The fourth-order valence-electron chi connectivity index (χ4n) is 1.52. The second-order valence-electron chi connectivity index (χ2n) is 2.99. The minimum absolute atomic E-state index is 0.0648. The van der Waals surface area contributed by atoms with E-state index in [0.717, 1.165) is 23.2 Å². The summed E-state index contributed by atoms with van der Waals surface area (Å²) in [6.07, 6.45) is 0. The molecule has 0 saturated carbocycles. The summed E-state index contributed by atoms with van der Waals surface area (Å²) < 4.78 is 13.1. The lowest BCUT2D eigenvalue weighted by Gasteiger charge is -2.00. The van der Waals surface area contributed by atoms with E-state index in [2.05, 4.69) is 5.32 Å². The first-order valence-corrected chi connectivity index (χ1v) is 5.76. The molecule has 0 fully saturated rings. The van der Waals surface area contributed by atoms with E-state index >= 15 is 0 Å². The number of nitrogens with one attached hydrogen (secondary N) is 1. The lowest BCUT2D eigenvalue weighted by atomic mass is 10.1. The van der Waals surface area contributed by atoms with E-state index in [9.17, 15) is 4.39 Å². The molecule has 1 nitrogen and oxygen atoms in total. The average Bonchev–Trinajstić information content (AvgIpc) is 2.72. The predicted octanol–water partition coefficient (Wildman–Crippen LogP) is 3.79. The molecule has 1 aliphatic rings. The largest absolute Gasteiger partial charge is 0.308 e. The molecule has 0 atom stereocenters. The zero-order valence-corrected chi connectivity index (χ0v) is 10.4. The molecule has 0 saturated heterocycles. The van der Waals surface area contributed by atoms with Crippen molar-refractivity contribution in [3.63, 3.8) is 0 Å². The molecule has 0 bridgehead atoms. The maximum atomic E-state index is 13.1. The van der Waals surface area contributed by atoms with Gasteiger partial charge in [-0.15, -0.1) is 0 Å². The quantitative estimate of drug-likeness (QED) is 0.688. The first kappa shape index (κ1) is 14.1. The van der Waals surface area contributed by atoms with Crippen LogP contribution in [-0.4, -0.2) is 0 Å². The Morgan fingerprint density at radius 1 is 1.07 bits per heavy atom. The Kier molecular flexibility index (Phi) is 6.97. The molecule has 1 heterocycles. The first-order chi connectivity index (χ1) is 7.27. The van der Waals surface area contributed by atoms with E-state index in [1.54, 1.807) is 6.07 Å². The van der Waals surface area contributed by atoms with Gasteiger partial charge in [0.25, 0.3) is 0 Å². The summed E-state index contributed by atoms with van der Waals surface area (Å²) in [5.74, 6) is -0.0648. The number of halogens is 1. The molecule has 0 radical (unpaired) electrons. The fourth-order valence-corrected chi connectivity index (χ4v) is 1.52. The number of hydrogen-bond donors (Lipinski definition) is 1. The van der Waals surface area contributed by atoms with E-state index in [1.807, 2.05) is 40.7 Å². The van der Waals surface area contributed by atoms with Gasteiger partial charge in [0.05, 0.1) is 0 Å². The van der Waals surface area contributed by atoms with Crippen molar-refractivity contribution in [2.45, 2.75) is 47.7 Å². The van der Waals surface area contributed by atoms with E-state index in [0.29, 0.717) is 6.54 Å². The smallest absolute Gasteiger partial charge is 0.128 e. The maximum absolute atomic E-state index is 13.1. The number of hydrogen-bond acceptors (Lipinski definition) is 1. The standard InChI is InChI=1S/C9H10FN.2C2H6/c1-6-2-7-4-11-5-8(7)9(10)3-6;2*1-2/h2-3,11H,4-5H2,1H3;2*1-2H3. The van der Waals surface area contributed by atoms with E-state index in [1.165, 1.54) is 0 Å². The summed E-state index contributed by atoms with van der Waals surface area (Å²) in [5.41, 5.74) is 2.96. The maximum Gasteiger partial charge on any atom is 0.128 e. The summed E-state index contributed by atoms with van der Waals surface area (Å²) in [4.78, 5) is 0. The number of aryl methyl sites for hydroxylation is 1. The van der Waals surface area contributed by atoms with E-state index in [-0.39, 0.29) is 5.82 Å². The minimum atomic E-state index is -0.0648. The molecule has 1 aromatic rings. The minimum Gasteiger partial charge on any atom is -0.308 e. The second kappa shape index (κ2) is 7.41. The monoisotopic (exact) mass is 211 g/mol. The van der Waals surface area contributed by atoms with Crippen molar-refractivity contribution in [1.82, 2.24) is 5.32 Å². The molecule has 2 heteroatoms. The number of fused-ring (bicyclic) bond motifs is 1. The van der Waals surface area contributed by atoms with Crippen molar-refractivity contribution in [1.29, 1.82) is 0 Å². The van der Waals surface area contributed by atoms with Crippen molar-refractivity contribution < 1.29 is 4.39 Å². The van der Waals surface area contributed by atoms with Gasteiger partial charge < -0.3 is 5.32 Å². The van der Waals surface area contributed by atoms with Gasteiger partial charge in [0, 0.05) is 18.7 Å². The normalized spacial score (nSPS) is 11.9. The van der Waals surface area contributed by atoms with Crippen LogP contribution in [0.4, 0.5) is 4.39 Å². The zero-order valence-electron chi connectivity index (χ0n) is 10.4. The van der Waals surface area contributed by atoms with Crippen LogP contribution in [-0.2, 0) is 13.1 Å². The third-order valence-electron chi connectivity index (χ3n) is 2.05. The molecule has 0 spiro atoms. The van der Waals surface area contributed by atoms with Gasteiger partial charge >= 0.3 is 0 Å². The van der Waals surface area contributed by atoms with Crippen LogP contribution in [0, 0.1) is 12.7 Å². The van der Waals surface area contributed by atoms with Crippen LogP contribution in [0.1, 0.15) is 44.4 Å². The highest BCUT2D eigenvalue weighted by Gasteiger charge is 2.14. The molecule has 0 aliphatic carbocycles. The third-order valence-corrected chi connectivity index (χ3v) is 2.05. The Morgan fingerprint density at radius 3 is 2.27 bits per heavy atom. The molecule has 86 valence electrons. The van der Waals surface area contributed by atoms with Crippen LogP contribution in [0.5, 0.6) is 0 Å². The molecule has 1 N–H and O–H groups in total. The Morgan fingerprint density at radius 2 is 1.67 bits per heavy atom. The van der Waals surface area contributed by atoms with Crippen LogP contribution < -0.4 is 5.32 Å². The van der Waals surface area contributed by atoms with Gasteiger partial charge in [0.2, 0.25) is 0 Å². The Balaban J connectivity index is 0.000000442. The van der Waals surface area contributed by atoms with Gasteiger partial charge in [0.1, 0.15) is 5.82 Å². The summed E-state index contributed by atoms with van der Waals surface area (Å²) in [7, 11) is 0. The van der Waals surface area contributed by atoms with Gasteiger partial charge in [-0.3, -0.25) is 0 Å². The fraction of sp³-hybridized carbons (Fsp3) is 0.538. The average molecular weight is 211 g/mol. The van der Waals surface area contributed by atoms with Crippen LogP contribution >= 0.6 is 0 Å². The first-order valence-electron chi connectivity index (χ1n) is 5.76. The van der Waals surface area contributed by atoms with Crippen molar-refractivity contribution in [2.75, 3.05) is 0 Å². The molecule has 0 aromatic heterocycles. The molecule has 1 aromatic carbocycles. The van der Waals surface area contributed by atoms with Gasteiger partial charge in [-0.25, -0.2) is 4.39 Å². The zero-order chi connectivity index (χ0) is 11.8. The van der Waals surface area contributed by atoms with Gasteiger partial charge in [0.15, 0.2) is 0 Å². The lowest BCUT2D eigenvalue weighted by Crippen LogP contribution is -2.00. The SMILES string of the molecule is CC.CC.Cc1cc(F)c2c(c1)CNC2. The second-order valence-corrected chi connectivity index (χ2v) is 2.99. The van der Waals surface area contributed by atoms with E-state index in [4.69, 9.17) is 0 Å². The summed E-state index contributed by atoms with van der Waals surface area (Å²) >= 11 is 0. The van der Waals surface area contributed by atoms with Crippen LogP contribution in [0.25, 0.3) is 0 Å². The van der Waals surface area contributed by atoms with Crippen molar-refractivity contribution in [2.24, 2.45) is 0 Å². The highest BCUT2D eigenvalue weighted by molar-refractivity contribution is 5.35. The molecule has 1 aliphatic heterocycles. The van der Waals surface area contributed by atoms with Crippen LogP contribution in [0.2, 0.25) is 0 Å². The Labute approximate surface area is 92.7 Å². The van der Waals surface area contributed by atoms with Gasteiger partial charge in [-0.05, 0) is 24.1 Å². The predicted molar refractivity (Wildman–Crippen MR) is 64.4 cm³/mol. The highest BCUT2D eigenvalue weighted by Crippen LogP contribution is 2.20. The summed E-state index contributed by atoms with van der Waals surface area (Å²) in [5, 5.41) is 3.12. The molecular formula is C13H22FN. The molecule has 15 heavy (non-hydrogen) atoms. The number of benzene rings is 1. The molecule has 0 unspecified atom stereocenters. The van der Waals surface area contributed by atoms with Gasteiger partial charge in [-0.2, -0.15) is 0 Å². The van der Waals surface area contributed by atoms with Crippen molar-refractivity contribution in [3.05, 3.63) is 34.6 Å².